The molecule has 3 saturated heterocycles. The fourth-order valence-electron chi connectivity index (χ4n) is 8.55. The number of hydrogen-bond donors (Lipinski definition) is 6. The van der Waals surface area contributed by atoms with Gasteiger partial charge in [-0.2, -0.15) is 0 Å². The summed E-state index contributed by atoms with van der Waals surface area (Å²) >= 11 is 0. The Morgan fingerprint density at radius 3 is 2.06 bits per heavy atom. The smallest absolute Gasteiger partial charge is 0.311 e. The molecular formula is C37H70N2O12. The van der Waals surface area contributed by atoms with Gasteiger partial charge in [-0.25, -0.2) is 0 Å². The van der Waals surface area contributed by atoms with Crippen LogP contribution in [-0.2, 0) is 28.5 Å². The highest BCUT2D eigenvalue weighted by Crippen LogP contribution is 2.39. The van der Waals surface area contributed by atoms with Crippen molar-refractivity contribution in [1.82, 2.24) is 9.80 Å². The van der Waals surface area contributed by atoms with E-state index in [0.717, 1.165) is 0 Å². The van der Waals surface area contributed by atoms with Crippen molar-refractivity contribution in [1.29, 1.82) is 0 Å². The van der Waals surface area contributed by atoms with Gasteiger partial charge < -0.3 is 64.1 Å². The van der Waals surface area contributed by atoms with Crippen LogP contribution in [0.5, 0.6) is 0 Å². The molecule has 3 aliphatic heterocycles. The van der Waals surface area contributed by atoms with Crippen LogP contribution in [0, 0.1) is 17.8 Å². The van der Waals surface area contributed by atoms with Crippen molar-refractivity contribution in [3.8, 4) is 0 Å². The monoisotopic (exact) mass is 734 g/mol. The molecule has 51 heavy (non-hydrogen) atoms. The van der Waals surface area contributed by atoms with Gasteiger partial charge in [-0.3, -0.25) is 4.79 Å². The number of likely N-dealkylation sites (N-methyl/N-ethyl adjacent to an activating group) is 2. The van der Waals surface area contributed by atoms with Gasteiger partial charge in [-0.15, -0.1) is 0 Å². The minimum absolute atomic E-state index is 0.113. The number of carbonyl (C=O) groups is 1. The molecule has 300 valence electrons. The zero-order valence-electron chi connectivity index (χ0n) is 33.2. The second-order valence-electron chi connectivity index (χ2n) is 17.0. The number of nitrogens with zero attached hydrogens (tertiary/aromatic N) is 2. The zero-order chi connectivity index (χ0) is 39.0. The van der Waals surface area contributed by atoms with Crippen LogP contribution in [0.1, 0.15) is 94.9 Å². The standard InChI is InChI=1S/C37H70N2O12/c1-14-26-37(10,46)30(41)23(6)39(13)18-19(2)16-36(9,45)32(51-34-28(40)25(38(11)12)15-20(3)47-34)21(4)29(22(5)33(43)49-26)50-27-17-35(8,44)31(42)24(7)48-27/h19-32,34,40-42,44-46H,14-18H2,1-13H3/t19-,20-,21+,22-,23-,24+,25+,26-,27+,28-,29+,30-,31+,32-,34+,35-,36-,37-/m1/s1. The van der Waals surface area contributed by atoms with Crippen molar-refractivity contribution in [3.63, 3.8) is 0 Å². The molecule has 0 aromatic rings. The van der Waals surface area contributed by atoms with Crippen LogP contribution in [0.15, 0.2) is 0 Å². The third kappa shape index (κ3) is 10.2. The molecule has 0 aliphatic carbocycles. The number of ether oxygens (including phenoxy) is 5. The molecule has 3 heterocycles. The lowest BCUT2D eigenvalue weighted by Crippen LogP contribution is -2.60. The highest BCUT2D eigenvalue weighted by atomic mass is 16.7. The zero-order valence-corrected chi connectivity index (χ0v) is 33.2. The summed E-state index contributed by atoms with van der Waals surface area (Å²) in [6, 6.07) is -0.833. The molecule has 0 amide bonds. The van der Waals surface area contributed by atoms with Gasteiger partial charge in [0, 0.05) is 31.0 Å². The van der Waals surface area contributed by atoms with Crippen LogP contribution >= 0.6 is 0 Å². The lowest BCUT2D eigenvalue weighted by atomic mass is 9.77. The molecule has 18 atom stereocenters. The summed E-state index contributed by atoms with van der Waals surface area (Å²) in [6.07, 6.45) is -9.15. The van der Waals surface area contributed by atoms with Crippen molar-refractivity contribution in [3.05, 3.63) is 0 Å². The molecule has 3 fully saturated rings. The predicted octanol–water partition coefficient (Wildman–Crippen LogP) is 1.25. The molecule has 0 saturated carbocycles. The highest BCUT2D eigenvalue weighted by Gasteiger charge is 2.52. The molecule has 3 rings (SSSR count). The summed E-state index contributed by atoms with van der Waals surface area (Å²) in [5.41, 5.74) is -4.95. The van der Waals surface area contributed by atoms with E-state index in [0.29, 0.717) is 13.0 Å². The van der Waals surface area contributed by atoms with E-state index in [1.165, 1.54) is 13.8 Å². The van der Waals surface area contributed by atoms with Crippen LogP contribution in [0.3, 0.4) is 0 Å². The number of hydrogen-bond acceptors (Lipinski definition) is 14. The Bertz CT molecular complexity index is 1120. The van der Waals surface area contributed by atoms with Crippen LogP contribution in [0.2, 0.25) is 0 Å². The molecule has 3 aliphatic rings. The molecule has 0 spiro atoms. The van der Waals surface area contributed by atoms with E-state index in [2.05, 4.69) is 0 Å². The average Bonchev–Trinajstić information content (AvgIpc) is 3.02. The van der Waals surface area contributed by atoms with Crippen molar-refractivity contribution in [2.45, 2.75) is 185 Å². The fraction of sp³-hybridized carbons (Fsp3) is 0.973. The maximum atomic E-state index is 14.1. The molecule has 0 aromatic heterocycles. The third-order valence-corrected chi connectivity index (χ3v) is 11.8. The number of aliphatic hydroxyl groups excluding tert-OH is 3. The third-order valence-electron chi connectivity index (χ3n) is 11.8. The van der Waals surface area contributed by atoms with Gasteiger partial charge in [0.05, 0.1) is 41.5 Å². The lowest BCUT2D eigenvalue weighted by molar-refractivity contribution is -0.316. The first-order valence-electron chi connectivity index (χ1n) is 18.8. The Labute approximate surface area is 305 Å². The van der Waals surface area contributed by atoms with Crippen molar-refractivity contribution in [2.75, 3.05) is 27.7 Å². The molecule has 14 heteroatoms. The number of carbonyl (C=O) groups excluding carboxylic acids is 1. The Morgan fingerprint density at radius 2 is 1.51 bits per heavy atom. The van der Waals surface area contributed by atoms with E-state index >= 15 is 0 Å². The second-order valence-corrected chi connectivity index (χ2v) is 17.0. The molecule has 14 nitrogen and oxygen atoms in total. The average molecular weight is 735 g/mol. The Balaban J connectivity index is 2.16. The SMILES string of the molecule is CC[C@H]1OC(=O)[C@H](C)[C@@H](O[C@H]2C[C@@](C)(O)[C@@H](O)[C@H](C)O2)[C@H](C)[C@@H](O[C@@H]2O[C@H](C)C[C@H](N(C)C)[C@H]2O)[C@](C)(O)C[C@@H](C)CN(C)[C@H](C)[C@@H](O)[C@]1(C)O. The van der Waals surface area contributed by atoms with Crippen molar-refractivity contribution >= 4 is 5.97 Å². The number of cyclic esters (lactones) is 1. The highest BCUT2D eigenvalue weighted by molar-refractivity contribution is 5.73. The lowest BCUT2D eigenvalue weighted by Gasteiger charge is -2.48. The van der Waals surface area contributed by atoms with Gasteiger partial charge >= 0.3 is 5.97 Å². The van der Waals surface area contributed by atoms with E-state index in [1.807, 2.05) is 44.8 Å². The first-order valence-corrected chi connectivity index (χ1v) is 18.8. The van der Waals surface area contributed by atoms with Crippen LogP contribution in [0.25, 0.3) is 0 Å². The molecule has 0 aromatic carbocycles. The summed E-state index contributed by atoms with van der Waals surface area (Å²) < 4.78 is 31.4. The summed E-state index contributed by atoms with van der Waals surface area (Å²) in [4.78, 5) is 17.9. The minimum atomic E-state index is -1.81. The van der Waals surface area contributed by atoms with E-state index < -0.39 is 96.0 Å². The van der Waals surface area contributed by atoms with Gasteiger partial charge in [0.1, 0.15) is 30.0 Å². The summed E-state index contributed by atoms with van der Waals surface area (Å²) in [6.45, 7) is 17.5. The van der Waals surface area contributed by atoms with Gasteiger partial charge in [0.15, 0.2) is 12.6 Å². The van der Waals surface area contributed by atoms with Crippen molar-refractivity contribution < 1.29 is 59.1 Å². The largest absolute Gasteiger partial charge is 0.459 e. The Kier molecular flexibility index (Phi) is 15.0. The maximum absolute atomic E-state index is 14.1. The Hall–Kier alpha value is -1.01. The molecular weight excluding hydrogens is 664 g/mol. The number of rotatable bonds is 6. The fourth-order valence-corrected chi connectivity index (χ4v) is 8.55. The van der Waals surface area contributed by atoms with Crippen LogP contribution < -0.4 is 0 Å². The van der Waals surface area contributed by atoms with Gasteiger partial charge in [-0.1, -0.05) is 20.8 Å². The van der Waals surface area contributed by atoms with E-state index in [-0.39, 0.29) is 37.3 Å². The normalized spacial score (nSPS) is 50.4. The second kappa shape index (κ2) is 17.2. The number of aliphatic hydroxyl groups is 6. The molecule has 0 bridgehead atoms. The summed E-state index contributed by atoms with van der Waals surface area (Å²) in [7, 11) is 5.57. The summed E-state index contributed by atoms with van der Waals surface area (Å²) in [5.74, 6) is -2.72. The topological polar surface area (TPSA) is 191 Å². The first kappa shape index (κ1) is 44.4. The van der Waals surface area contributed by atoms with Crippen molar-refractivity contribution in [2.24, 2.45) is 17.8 Å². The van der Waals surface area contributed by atoms with E-state index in [9.17, 15) is 35.4 Å². The first-order chi connectivity index (χ1) is 23.3. The quantitative estimate of drug-likeness (QED) is 0.214. The number of esters is 1. The molecule has 6 N–H and O–H groups in total. The Morgan fingerprint density at radius 1 is 0.902 bits per heavy atom. The van der Waals surface area contributed by atoms with Crippen LogP contribution in [0.4, 0.5) is 0 Å². The van der Waals surface area contributed by atoms with Gasteiger partial charge in [0.25, 0.3) is 0 Å². The maximum Gasteiger partial charge on any atom is 0.311 e. The minimum Gasteiger partial charge on any atom is -0.459 e. The molecule has 0 unspecified atom stereocenters. The van der Waals surface area contributed by atoms with Gasteiger partial charge in [0.2, 0.25) is 0 Å². The molecule has 0 radical (unpaired) electrons. The van der Waals surface area contributed by atoms with Crippen LogP contribution in [-0.4, -0.2) is 164 Å². The van der Waals surface area contributed by atoms with E-state index in [4.69, 9.17) is 23.7 Å². The van der Waals surface area contributed by atoms with E-state index in [1.54, 1.807) is 41.5 Å². The summed E-state index contributed by atoms with van der Waals surface area (Å²) in [5, 5.41) is 68.7. The van der Waals surface area contributed by atoms with Gasteiger partial charge in [-0.05, 0) is 94.8 Å². The predicted molar refractivity (Wildman–Crippen MR) is 189 cm³/mol.